The minimum absolute atomic E-state index is 0.00888. The number of nitrogens with one attached hydrogen (secondary N) is 5. The Bertz CT molecular complexity index is 1580. The predicted molar refractivity (Wildman–Crippen MR) is 159 cm³/mol. The second kappa shape index (κ2) is 14.3. The Balaban J connectivity index is 1.60. The zero-order chi connectivity index (χ0) is 31.8. The Morgan fingerprint density at radius 2 is 1.50 bits per heavy atom. The molecule has 0 aliphatic heterocycles. The number of phenolic OH excluding ortho intramolecular Hbond substituents is 1. The van der Waals surface area contributed by atoms with Crippen LogP contribution in [0.25, 0.3) is 10.9 Å². The first-order valence-corrected chi connectivity index (χ1v) is 13.9. The van der Waals surface area contributed by atoms with Gasteiger partial charge in [-0.15, -0.1) is 0 Å². The number of benzene rings is 2. The summed E-state index contributed by atoms with van der Waals surface area (Å²) in [4.78, 5) is 62.1. The number of H-pyrrole nitrogens is 2. The first-order valence-electron chi connectivity index (χ1n) is 13.9. The molecule has 5 unspecified atom stereocenters. The molecule has 2 aromatic carbocycles. The van der Waals surface area contributed by atoms with Crippen molar-refractivity contribution in [3.63, 3.8) is 0 Å². The van der Waals surface area contributed by atoms with E-state index in [-0.39, 0.29) is 25.0 Å². The third-order valence-electron chi connectivity index (χ3n) is 7.16. The maximum atomic E-state index is 13.7. The number of carbonyl (C=O) groups is 4. The number of aromatic nitrogens is 3. The molecule has 4 aromatic rings. The molecule has 5 atom stereocenters. The van der Waals surface area contributed by atoms with Gasteiger partial charge in [-0.2, -0.15) is 0 Å². The van der Waals surface area contributed by atoms with Crippen LogP contribution in [0.5, 0.6) is 5.75 Å². The van der Waals surface area contributed by atoms with Crippen molar-refractivity contribution in [3.05, 3.63) is 84.1 Å². The number of carboxylic acid groups (broad SMARTS) is 1. The van der Waals surface area contributed by atoms with Crippen molar-refractivity contribution >= 4 is 34.6 Å². The number of imidazole rings is 1. The lowest BCUT2D eigenvalue weighted by Crippen LogP contribution is -2.59. The van der Waals surface area contributed by atoms with Crippen molar-refractivity contribution in [1.82, 2.24) is 30.9 Å². The van der Waals surface area contributed by atoms with E-state index in [0.29, 0.717) is 16.8 Å². The molecule has 0 saturated carbocycles. The molecule has 232 valence electrons. The fraction of sp³-hybridized carbons (Fsp3) is 0.300. The van der Waals surface area contributed by atoms with Crippen molar-refractivity contribution < 1.29 is 34.5 Å². The summed E-state index contributed by atoms with van der Waals surface area (Å²) in [5, 5.41) is 37.8. The van der Waals surface area contributed by atoms with E-state index in [0.717, 1.165) is 10.9 Å². The second-order valence-electron chi connectivity index (χ2n) is 10.5. The number of rotatable bonds is 14. The van der Waals surface area contributed by atoms with Crippen LogP contribution in [0, 0.1) is 0 Å². The van der Waals surface area contributed by atoms with Gasteiger partial charge in [-0.1, -0.05) is 30.3 Å². The van der Waals surface area contributed by atoms with Crippen molar-refractivity contribution in [3.8, 4) is 5.75 Å². The van der Waals surface area contributed by atoms with Crippen LogP contribution in [-0.4, -0.2) is 84.2 Å². The Hall–Kier alpha value is -5.21. The largest absolute Gasteiger partial charge is 0.508 e. The molecule has 44 heavy (non-hydrogen) atoms. The number of hydrogen-bond acceptors (Lipinski definition) is 8. The van der Waals surface area contributed by atoms with Crippen LogP contribution in [0.2, 0.25) is 0 Å². The van der Waals surface area contributed by atoms with Gasteiger partial charge in [0.05, 0.1) is 12.4 Å². The van der Waals surface area contributed by atoms with Gasteiger partial charge >= 0.3 is 5.97 Å². The first kappa shape index (κ1) is 31.7. The van der Waals surface area contributed by atoms with E-state index in [1.165, 1.54) is 31.6 Å². The third-order valence-corrected chi connectivity index (χ3v) is 7.16. The predicted octanol–water partition coefficient (Wildman–Crippen LogP) is -0.128. The lowest BCUT2D eigenvalue weighted by molar-refractivity contribution is -0.142. The topological polar surface area (TPSA) is 236 Å². The Morgan fingerprint density at radius 1 is 0.864 bits per heavy atom. The number of fused-ring (bicyclic) bond motifs is 1. The fourth-order valence-corrected chi connectivity index (χ4v) is 4.65. The molecule has 0 radical (unpaired) electrons. The molecule has 4 rings (SSSR count). The second-order valence-corrected chi connectivity index (χ2v) is 10.5. The summed E-state index contributed by atoms with van der Waals surface area (Å²) in [5.74, 6) is -3.56. The van der Waals surface area contributed by atoms with Crippen LogP contribution in [-0.2, 0) is 38.4 Å². The molecule has 14 heteroatoms. The highest BCUT2D eigenvalue weighted by molar-refractivity contribution is 5.95. The number of aliphatic hydroxyl groups excluding tert-OH is 1. The average Bonchev–Trinajstić information content (AvgIpc) is 3.66. The highest BCUT2D eigenvalue weighted by Crippen LogP contribution is 2.20. The lowest BCUT2D eigenvalue weighted by atomic mass is 10.0. The molecule has 2 aromatic heterocycles. The molecule has 2 heterocycles. The molecule has 0 saturated heterocycles. The smallest absolute Gasteiger partial charge is 0.326 e. The van der Waals surface area contributed by atoms with Crippen LogP contribution in [0.4, 0.5) is 0 Å². The SMILES string of the molecule is CC(O)C(N)C(=O)NC(Cc1cnc[nH]1)C(=O)NC(Cc1c[nH]c2ccccc12)C(=O)NC(Cc1ccc(O)cc1)C(=O)O. The fourth-order valence-electron chi connectivity index (χ4n) is 4.65. The van der Waals surface area contributed by atoms with Crippen LogP contribution in [0.1, 0.15) is 23.7 Å². The summed E-state index contributed by atoms with van der Waals surface area (Å²) in [6.45, 7) is 1.34. The van der Waals surface area contributed by atoms with E-state index >= 15 is 0 Å². The summed E-state index contributed by atoms with van der Waals surface area (Å²) in [7, 11) is 0. The van der Waals surface area contributed by atoms with Crippen molar-refractivity contribution in [1.29, 1.82) is 0 Å². The van der Waals surface area contributed by atoms with Gasteiger partial charge in [0.1, 0.15) is 29.9 Å². The van der Waals surface area contributed by atoms with Gasteiger partial charge in [0, 0.05) is 48.3 Å². The third kappa shape index (κ3) is 8.20. The van der Waals surface area contributed by atoms with Crippen LogP contribution >= 0.6 is 0 Å². The molecule has 0 aliphatic carbocycles. The summed E-state index contributed by atoms with van der Waals surface area (Å²) in [6.07, 6.45) is 3.26. The molecule has 0 bridgehead atoms. The number of para-hydroxylation sites is 1. The summed E-state index contributed by atoms with van der Waals surface area (Å²) >= 11 is 0. The zero-order valence-corrected chi connectivity index (χ0v) is 23.9. The van der Waals surface area contributed by atoms with Crippen LogP contribution in [0.3, 0.4) is 0 Å². The number of nitrogens with zero attached hydrogens (tertiary/aromatic N) is 1. The summed E-state index contributed by atoms with van der Waals surface area (Å²) < 4.78 is 0. The minimum atomic E-state index is -1.35. The van der Waals surface area contributed by atoms with E-state index in [9.17, 15) is 34.5 Å². The normalized spacial score (nSPS) is 14.6. The summed E-state index contributed by atoms with van der Waals surface area (Å²) in [5.41, 5.74) is 8.34. The number of aliphatic hydroxyl groups is 1. The number of carbonyl (C=O) groups excluding carboxylic acids is 3. The van der Waals surface area contributed by atoms with Gasteiger partial charge in [0.15, 0.2) is 0 Å². The Morgan fingerprint density at radius 3 is 2.14 bits per heavy atom. The number of phenols is 1. The molecule has 0 aliphatic rings. The maximum absolute atomic E-state index is 13.7. The van der Waals surface area contributed by atoms with Crippen LogP contribution < -0.4 is 21.7 Å². The van der Waals surface area contributed by atoms with Gasteiger partial charge in [0.2, 0.25) is 17.7 Å². The van der Waals surface area contributed by atoms with E-state index in [1.807, 2.05) is 24.3 Å². The molecule has 10 N–H and O–H groups in total. The Kier molecular flexibility index (Phi) is 10.3. The highest BCUT2D eigenvalue weighted by atomic mass is 16.4. The summed E-state index contributed by atoms with van der Waals surface area (Å²) in [6, 6.07) is 8.14. The zero-order valence-electron chi connectivity index (χ0n) is 23.9. The first-order chi connectivity index (χ1) is 21.0. The molecular formula is C30H35N7O7. The van der Waals surface area contributed by atoms with Gasteiger partial charge < -0.3 is 47.0 Å². The number of nitrogens with two attached hydrogens (primary N) is 1. The molecule has 14 nitrogen and oxygen atoms in total. The molecular weight excluding hydrogens is 570 g/mol. The van der Waals surface area contributed by atoms with E-state index in [2.05, 4.69) is 30.9 Å². The van der Waals surface area contributed by atoms with Gasteiger partial charge in [-0.05, 0) is 36.2 Å². The molecule has 3 amide bonds. The maximum Gasteiger partial charge on any atom is 0.326 e. The molecule has 0 spiro atoms. The number of aromatic hydroxyl groups is 1. The van der Waals surface area contributed by atoms with E-state index in [4.69, 9.17) is 5.73 Å². The quantitative estimate of drug-likeness (QED) is 0.0929. The van der Waals surface area contributed by atoms with Crippen LogP contribution in [0.15, 0.2) is 67.3 Å². The van der Waals surface area contributed by atoms with E-state index < -0.39 is 54.0 Å². The Labute approximate surface area is 252 Å². The van der Waals surface area contributed by atoms with Gasteiger partial charge in [0.25, 0.3) is 0 Å². The van der Waals surface area contributed by atoms with Crippen molar-refractivity contribution in [2.24, 2.45) is 5.73 Å². The standard InChI is InChI=1S/C30H35N7O7/c1-16(38)26(31)29(42)36-24(12-19-14-32-15-34-19)28(41)35-23(11-18-13-33-22-5-3-2-4-21(18)22)27(40)37-25(30(43)44)10-17-6-8-20(39)9-7-17/h2-9,13-16,23-26,33,38-39H,10-12,31H2,1H3,(H,32,34)(H,35,41)(H,36,42)(H,37,40)(H,43,44). The number of aromatic amines is 2. The monoisotopic (exact) mass is 605 g/mol. The average molecular weight is 606 g/mol. The molecule has 0 fully saturated rings. The van der Waals surface area contributed by atoms with Crippen molar-refractivity contribution in [2.75, 3.05) is 0 Å². The highest BCUT2D eigenvalue weighted by Gasteiger charge is 2.32. The number of amides is 3. The van der Waals surface area contributed by atoms with Crippen molar-refractivity contribution in [2.45, 2.75) is 56.5 Å². The number of carboxylic acids is 1. The van der Waals surface area contributed by atoms with Gasteiger partial charge in [-0.3, -0.25) is 14.4 Å². The lowest BCUT2D eigenvalue weighted by Gasteiger charge is -2.25. The number of hydrogen-bond donors (Lipinski definition) is 9. The van der Waals surface area contributed by atoms with E-state index in [1.54, 1.807) is 18.3 Å². The van der Waals surface area contributed by atoms with Gasteiger partial charge in [-0.25, -0.2) is 9.78 Å². The number of aliphatic carboxylic acids is 1. The minimum Gasteiger partial charge on any atom is -0.508 e.